The lowest BCUT2D eigenvalue weighted by atomic mass is 9.66. The van der Waals surface area contributed by atoms with Crippen molar-refractivity contribution in [3.8, 4) is 33.8 Å². The fourth-order valence-corrected chi connectivity index (χ4v) is 15.1. The minimum atomic E-state index is -0.984. The van der Waals surface area contributed by atoms with Gasteiger partial charge in [0.2, 0.25) is 0 Å². The maximum atomic E-state index is 16.1. The van der Waals surface area contributed by atoms with Crippen LogP contribution in [0.4, 0.5) is 51.7 Å². The Bertz CT molecular complexity index is 5430. The lowest BCUT2D eigenvalue weighted by molar-refractivity contribution is 0.306. The van der Waals surface area contributed by atoms with E-state index in [1.165, 1.54) is 24.3 Å². The second-order valence-corrected chi connectivity index (χ2v) is 26.2. The molecule has 13 aromatic carbocycles. The van der Waals surface area contributed by atoms with E-state index in [1.54, 1.807) is 38.1 Å². The van der Waals surface area contributed by atoms with Gasteiger partial charge in [0.15, 0.2) is 0 Å². The molecule has 13 aromatic rings. The Morgan fingerprint density at radius 1 is 0.359 bits per heavy atom. The van der Waals surface area contributed by atoms with E-state index in [9.17, 15) is 0 Å². The molecule has 0 heterocycles. The normalized spacial score (nSPS) is 14.9. The van der Waals surface area contributed by atoms with Gasteiger partial charge in [-0.25, -0.2) is 17.6 Å². The highest BCUT2D eigenvalue weighted by Gasteiger charge is 2.48. The van der Waals surface area contributed by atoms with E-state index in [0.717, 1.165) is 123 Å². The van der Waals surface area contributed by atoms with E-state index < -0.39 is 10.8 Å². The van der Waals surface area contributed by atoms with E-state index in [2.05, 4.69) is 151 Å². The molecule has 0 spiro atoms. The van der Waals surface area contributed by atoms with Crippen molar-refractivity contribution < 1.29 is 27.0 Å². The number of aryl methyl sites for hydroxylation is 2. The summed E-state index contributed by atoms with van der Waals surface area (Å²) in [6.45, 7) is 18.4. The van der Waals surface area contributed by atoms with Crippen LogP contribution in [0.2, 0.25) is 0 Å². The number of ether oxygens (including phenoxy) is 2. The van der Waals surface area contributed by atoms with E-state index >= 15 is 17.6 Å². The third-order valence-corrected chi connectivity index (χ3v) is 20.3. The predicted molar refractivity (Wildman–Crippen MR) is 414 cm³/mol. The van der Waals surface area contributed by atoms with Crippen LogP contribution in [0.25, 0.3) is 40.0 Å². The smallest absolute Gasteiger partial charge is 0.128 e. The molecular formula is C95H72F4N2O2. The largest absolute Gasteiger partial charge is 0.489 e. The van der Waals surface area contributed by atoms with Gasteiger partial charge in [-0.2, -0.15) is 0 Å². The molecular weight excluding hydrogens is 1280 g/mol. The second-order valence-electron chi connectivity index (χ2n) is 26.2. The SMILES string of the molecule is C=CC1=C(/C=C\C)C(c2ccc(F)cc2)(c2ccc(OCc3ccc(C=C)cc3)cc2)c2cc(N(c3ccc(-c4ccc(N(c5ccc(C)c(F)c5)c5ccc6c(c5)C(c5ccc(F)cc5)(c5ccc(OCc7ccc(C=C)cc7)cc5)c5ccccc5-6)cc4)cc3)c3ccc(C)c(F)c3)ccc21. The van der Waals surface area contributed by atoms with Gasteiger partial charge in [-0.15, -0.1) is 0 Å². The zero-order valence-electron chi connectivity index (χ0n) is 57.4. The highest BCUT2D eigenvalue weighted by molar-refractivity contribution is 5.94. The van der Waals surface area contributed by atoms with Crippen molar-refractivity contribution in [1.82, 2.24) is 0 Å². The number of fused-ring (bicyclic) bond motifs is 4. The Morgan fingerprint density at radius 3 is 1.17 bits per heavy atom. The first-order valence-corrected chi connectivity index (χ1v) is 34.4. The van der Waals surface area contributed by atoms with Crippen LogP contribution >= 0.6 is 0 Å². The lowest BCUT2D eigenvalue weighted by Gasteiger charge is -2.36. The third kappa shape index (κ3) is 12.1. The Balaban J connectivity index is 0.798. The molecule has 0 N–H and O–H groups in total. The number of halogens is 4. The van der Waals surface area contributed by atoms with E-state index in [-0.39, 0.29) is 23.3 Å². The topological polar surface area (TPSA) is 24.9 Å². The molecule has 103 heavy (non-hydrogen) atoms. The number of benzene rings is 13. The molecule has 0 amide bonds. The van der Waals surface area contributed by atoms with Gasteiger partial charge in [0, 0.05) is 34.1 Å². The summed E-state index contributed by atoms with van der Waals surface area (Å²) in [4.78, 5) is 4.15. The summed E-state index contributed by atoms with van der Waals surface area (Å²) in [5, 5.41) is 0. The molecule has 2 atom stereocenters. The Labute approximate surface area is 599 Å². The van der Waals surface area contributed by atoms with Crippen LogP contribution in [0.1, 0.15) is 84.8 Å². The highest BCUT2D eigenvalue weighted by Crippen LogP contribution is 2.59. The van der Waals surface area contributed by atoms with Gasteiger partial charge in [0.05, 0.1) is 10.8 Å². The first-order valence-electron chi connectivity index (χ1n) is 34.4. The average molecular weight is 1350 g/mol. The standard InChI is InChI=1S/C95H72F4N2O2/c1-7-13-88-84(10-4)86-54-48-78(56-90(86)94(88,70-30-38-74(96)39-31-70)72-34-50-82(51-35-72)102-60-66-22-18-64(8-2)19-23-66)100(80-42-16-62(5)92(98)58-80)76-44-26-68(27-45-76)69-28-46-77(47-29-69)101(81-43-17-63(6)93(99)59-81)79-49-55-87-85-14-11-12-15-89(85)95(91(87)57-79,71-32-40-75(97)41-33-71)73-36-52-83(53-37-73)103-61-67-24-20-65(9-3)21-25-67/h7-59H,2-4,60-61H2,1,5-6H3/b13-7-. The maximum Gasteiger partial charge on any atom is 0.128 e. The third-order valence-electron chi connectivity index (χ3n) is 20.3. The van der Waals surface area contributed by atoms with Crippen molar-refractivity contribution in [3.63, 3.8) is 0 Å². The Hall–Kier alpha value is -12.5. The molecule has 15 rings (SSSR count). The van der Waals surface area contributed by atoms with Crippen LogP contribution in [0.5, 0.6) is 11.5 Å². The van der Waals surface area contributed by atoms with Crippen molar-refractivity contribution >= 4 is 51.8 Å². The molecule has 2 aliphatic carbocycles. The molecule has 0 bridgehead atoms. The number of anilines is 6. The highest BCUT2D eigenvalue weighted by atomic mass is 19.1. The monoisotopic (exact) mass is 1350 g/mol. The van der Waals surface area contributed by atoms with Crippen molar-refractivity contribution in [2.24, 2.45) is 0 Å². The van der Waals surface area contributed by atoms with E-state index in [1.807, 2.05) is 159 Å². The van der Waals surface area contributed by atoms with Gasteiger partial charge in [-0.1, -0.05) is 220 Å². The first-order chi connectivity index (χ1) is 50.3. The number of allylic oxidation sites excluding steroid dienone is 5. The first kappa shape index (κ1) is 66.4. The quantitative estimate of drug-likeness (QED) is 0.0670. The van der Waals surface area contributed by atoms with Gasteiger partial charge in [-0.3, -0.25) is 0 Å². The average Bonchev–Trinajstić information content (AvgIpc) is 1.56. The molecule has 2 unspecified atom stereocenters. The zero-order chi connectivity index (χ0) is 70.9. The summed E-state index contributed by atoms with van der Waals surface area (Å²) in [6.07, 6.45) is 9.67. The minimum absolute atomic E-state index is 0.338. The summed E-state index contributed by atoms with van der Waals surface area (Å²) in [5.74, 6) is 0.0116. The summed E-state index contributed by atoms with van der Waals surface area (Å²) >= 11 is 0. The zero-order valence-corrected chi connectivity index (χ0v) is 57.4. The minimum Gasteiger partial charge on any atom is -0.489 e. The summed E-state index contributed by atoms with van der Waals surface area (Å²) in [6, 6.07) is 94.4. The number of hydrogen-bond donors (Lipinski definition) is 0. The lowest BCUT2D eigenvalue weighted by Crippen LogP contribution is -2.29. The molecule has 0 aliphatic heterocycles. The van der Waals surface area contributed by atoms with Crippen LogP contribution in [-0.4, -0.2) is 0 Å². The molecule has 2 aliphatic rings. The summed E-state index contributed by atoms with van der Waals surface area (Å²) < 4.78 is 75.3. The van der Waals surface area contributed by atoms with Crippen LogP contribution in [0, 0.1) is 37.1 Å². The van der Waals surface area contributed by atoms with E-state index in [4.69, 9.17) is 9.47 Å². The molecule has 502 valence electrons. The fraction of sp³-hybridized carbons (Fsp3) is 0.0737. The van der Waals surface area contributed by atoms with E-state index in [0.29, 0.717) is 47.2 Å². The summed E-state index contributed by atoms with van der Waals surface area (Å²) in [7, 11) is 0. The number of rotatable bonds is 21. The van der Waals surface area contributed by atoms with Crippen molar-refractivity contribution in [3.05, 3.63) is 436 Å². The van der Waals surface area contributed by atoms with Crippen molar-refractivity contribution in [2.45, 2.75) is 44.8 Å². The van der Waals surface area contributed by atoms with Crippen molar-refractivity contribution in [1.29, 1.82) is 0 Å². The molecule has 0 saturated heterocycles. The fourth-order valence-electron chi connectivity index (χ4n) is 15.1. The summed E-state index contributed by atoms with van der Waals surface area (Å²) in [5.41, 5.74) is 20.9. The van der Waals surface area contributed by atoms with Crippen LogP contribution in [-0.2, 0) is 24.0 Å². The Morgan fingerprint density at radius 2 is 0.738 bits per heavy atom. The predicted octanol–water partition coefficient (Wildman–Crippen LogP) is 25.1. The van der Waals surface area contributed by atoms with Crippen molar-refractivity contribution in [2.75, 3.05) is 9.80 Å². The molecule has 4 nitrogen and oxygen atoms in total. The van der Waals surface area contributed by atoms with Gasteiger partial charge in [0.25, 0.3) is 0 Å². The molecule has 0 radical (unpaired) electrons. The van der Waals surface area contributed by atoms with Gasteiger partial charge in [0.1, 0.15) is 48.0 Å². The maximum absolute atomic E-state index is 16.1. The van der Waals surface area contributed by atoms with Crippen LogP contribution in [0.15, 0.2) is 335 Å². The second kappa shape index (κ2) is 27.9. The van der Waals surface area contributed by atoms with Gasteiger partial charge in [-0.05, 0) is 253 Å². The molecule has 8 heteroatoms. The molecule has 0 aromatic heterocycles. The van der Waals surface area contributed by atoms with Gasteiger partial charge >= 0.3 is 0 Å². The number of hydrogen-bond acceptors (Lipinski definition) is 4. The Kier molecular flexibility index (Phi) is 18.0. The number of nitrogens with zero attached hydrogens (tertiary/aromatic N) is 2. The van der Waals surface area contributed by atoms with Crippen LogP contribution in [0.3, 0.4) is 0 Å². The van der Waals surface area contributed by atoms with Crippen LogP contribution < -0.4 is 19.3 Å². The van der Waals surface area contributed by atoms with Gasteiger partial charge < -0.3 is 19.3 Å². The molecule has 0 saturated carbocycles. The molecule has 0 fully saturated rings.